The topological polar surface area (TPSA) is 103 Å². The molecule has 2 aliphatic heterocycles. The van der Waals surface area contributed by atoms with Crippen molar-refractivity contribution < 1.29 is 47.7 Å². The number of hydrogen-bond donors (Lipinski definition) is 1. The molecular weight excluding hydrogens is 797 g/mol. The summed E-state index contributed by atoms with van der Waals surface area (Å²) in [5.41, 5.74) is 5.93. The summed E-state index contributed by atoms with van der Waals surface area (Å²) in [6.07, 6.45) is -7.86. The molecule has 10 nitrogen and oxygen atoms in total. The highest BCUT2D eigenvalue weighted by atomic mass is 16.8. The third-order valence-corrected chi connectivity index (χ3v) is 11.1. The lowest BCUT2D eigenvalue weighted by Crippen LogP contribution is -2.62. The van der Waals surface area contributed by atoms with Gasteiger partial charge < -0.3 is 47.7 Å². The largest absolute Gasteiger partial charge is 0.374 e. The van der Waals surface area contributed by atoms with E-state index in [1.807, 2.05) is 182 Å². The Hall–Kier alpha value is -5.08. The highest BCUT2D eigenvalue weighted by Gasteiger charge is 2.53. The Morgan fingerprint density at radius 2 is 0.635 bits per heavy atom. The van der Waals surface area contributed by atoms with Gasteiger partial charge in [0.1, 0.15) is 42.7 Å². The summed E-state index contributed by atoms with van der Waals surface area (Å²) in [4.78, 5) is 0. The molecule has 0 spiro atoms. The molecule has 10 heteroatoms. The molecule has 9 atom stereocenters. The normalized spacial score (nSPS) is 24.6. The number of ether oxygens (including phenoxy) is 9. The first-order chi connectivity index (χ1) is 31.2. The predicted molar refractivity (Wildman–Crippen MR) is 237 cm³/mol. The molecule has 6 aromatic rings. The van der Waals surface area contributed by atoms with Gasteiger partial charge in [0.15, 0.2) is 12.6 Å². The molecule has 0 amide bonds. The molecule has 0 unspecified atom stereocenters. The van der Waals surface area contributed by atoms with E-state index < -0.39 is 55.3 Å². The van der Waals surface area contributed by atoms with Crippen molar-refractivity contribution >= 4 is 0 Å². The second-order valence-electron chi connectivity index (χ2n) is 15.8. The van der Waals surface area contributed by atoms with Crippen molar-refractivity contribution in [2.75, 3.05) is 13.2 Å². The van der Waals surface area contributed by atoms with Gasteiger partial charge >= 0.3 is 0 Å². The van der Waals surface area contributed by atoms with Crippen LogP contribution in [0.2, 0.25) is 0 Å². The van der Waals surface area contributed by atoms with E-state index in [4.69, 9.17) is 42.6 Å². The van der Waals surface area contributed by atoms with Crippen LogP contribution in [0.25, 0.3) is 0 Å². The van der Waals surface area contributed by atoms with Crippen molar-refractivity contribution in [3.63, 3.8) is 0 Å². The average Bonchev–Trinajstić information content (AvgIpc) is 3.66. The molecule has 1 N–H and O–H groups in total. The molecule has 2 fully saturated rings. The van der Waals surface area contributed by atoms with E-state index in [-0.39, 0.29) is 33.0 Å². The number of aliphatic hydroxyl groups excluding tert-OH is 1. The zero-order chi connectivity index (χ0) is 42.9. The highest BCUT2D eigenvalue weighted by Crippen LogP contribution is 2.35. The van der Waals surface area contributed by atoms with Crippen LogP contribution >= 0.6 is 0 Å². The Morgan fingerprint density at radius 3 is 1.02 bits per heavy atom. The molecule has 6 aromatic carbocycles. The van der Waals surface area contributed by atoms with Crippen molar-refractivity contribution in [2.45, 2.75) is 94.9 Å². The Labute approximate surface area is 370 Å². The van der Waals surface area contributed by atoms with Crippen LogP contribution in [0, 0.1) is 0 Å². The Balaban J connectivity index is 1.09. The second-order valence-corrected chi connectivity index (χ2v) is 15.8. The van der Waals surface area contributed by atoms with Gasteiger partial charge in [-0.2, -0.15) is 0 Å². The van der Waals surface area contributed by atoms with Crippen LogP contribution in [0.1, 0.15) is 33.4 Å². The van der Waals surface area contributed by atoms with Crippen molar-refractivity contribution in [3.05, 3.63) is 215 Å². The highest BCUT2D eigenvalue weighted by molar-refractivity contribution is 5.18. The van der Waals surface area contributed by atoms with Crippen LogP contribution in [0.3, 0.4) is 0 Å². The minimum atomic E-state index is -1.46. The molecule has 63 heavy (non-hydrogen) atoms. The lowest BCUT2D eigenvalue weighted by molar-refractivity contribution is -0.343. The van der Waals surface area contributed by atoms with Crippen molar-refractivity contribution in [3.8, 4) is 0 Å². The first-order valence-corrected chi connectivity index (χ1v) is 21.7. The first kappa shape index (κ1) is 44.5. The van der Waals surface area contributed by atoms with Gasteiger partial charge in [0.25, 0.3) is 0 Å². The third kappa shape index (κ3) is 13.0. The third-order valence-electron chi connectivity index (χ3n) is 11.1. The summed E-state index contributed by atoms with van der Waals surface area (Å²) in [5, 5.41) is 12.0. The maximum absolute atomic E-state index is 12.0. The summed E-state index contributed by atoms with van der Waals surface area (Å²) in [6, 6.07) is 59.6. The van der Waals surface area contributed by atoms with E-state index in [9.17, 15) is 5.11 Å². The van der Waals surface area contributed by atoms with Crippen molar-refractivity contribution in [1.29, 1.82) is 0 Å². The summed E-state index contributed by atoms with van der Waals surface area (Å²) in [6.45, 7) is 2.11. The van der Waals surface area contributed by atoms with E-state index in [1.54, 1.807) is 0 Å². The number of hydrogen-bond acceptors (Lipinski definition) is 10. The van der Waals surface area contributed by atoms with Gasteiger partial charge in [0.2, 0.25) is 0 Å². The van der Waals surface area contributed by atoms with Gasteiger partial charge in [0, 0.05) is 0 Å². The zero-order valence-corrected chi connectivity index (χ0v) is 35.3. The molecule has 0 bridgehead atoms. The number of rotatable bonds is 22. The van der Waals surface area contributed by atoms with E-state index in [1.165, 1.54) is 0 Å². The zero-order valence-electron chi connectivity index (χ0n) is 35.3. The SMILES string of the molecule is O[C@H]1O[C@H](COCc2ccccc2)[C@@H](OCc2ccccc2)[C@H](OCc2ccccc2)[C@@H]1O[C@H]1O[C@H](COCc2ccccc2)[C@@H](OCc2ccccc2)[C@@H]1OCc1ccccc1. The lowest BCUT2D eigenvalue weighted by Gasteiger charge is -2.45. The van der Waals surface area contributed by atoms with Crippen LogP contribution in [-0.2, 0) is 82.3 Å². The fourth-order valence-electron chi connectivity index (χ4n) is 7.83. The van der Waals surface area contributed by atoms with E-state index in [0.29, 0.717) is 19.8 Å². The monoisotopic (exact) mass is 852 g/mol. The van der Waals surface area contributed by atoms with Crippen LogP contribution in [0.15, 0.2) is 182 Å². The van der Waals surface area contributed by atoms with Crippen LogP contribution in [-0.4, -0.2) is 73.6 Å². The Morgan fingerprint density at radius 1 is 0.333 bits per heavy atom. The number of aliphatic hydroxyl groups is 1. The molecule has 0 aromatic heterocycles. The quantitative estimate of drug-likeness (QED) is 0.0715. The molecule has 0 aliphatic carbocycles. The van der Waals surface area contributed by atoms with E-state index >= 15 is 0 Å². The summed E-state index contributed by atoms with van der Waals surface area (Å²) >= 11 is 0. The van der Waals surface area contributed by atoms with Gasteiger partial charge in [-0.1, -0.05) is 182 Å². The average molecular weight is 853 g/mol. The fourth-order valence-corrected chi connectivity index (χ4v) is 7.83. The minimum Gasteiger partial charge on any atom is -0.374 e. The molecule has 0 saturated carbocycles. The predicted octanol–water partition coefficient (Wildman–Crippen LogP) is 8.59. The van der Waals surface area contributed by atoms with Gasteiger partial charge in [-0.05, 0) is 33.4 Å². The van der Waals surface area contributed by atoms with Crippen molar-refractivity contribution in [2.24, 2.45) is 0 Å². The minimum absolute atomic E-state index is 0.127. The summed E-state index contributed by atoms with van der Waals surface area (Å²) in [7, 11) is 0. The standard InChI is InChI=1S/C53H56O10/c54-52-50(49(59-35-43-27-15-5-16-28-43)47(57-33-41-23-11-3-12-24-41)45(61-52)37-55-31-39-19-7-1-8-20-39)63-53-51(60-36-44-29-17-6-18-30-44)48(58-34-42-25-13-4-14-26-42)46(62-53)38-56-32-40-21-9-2-10-22-40/h1-30,45-54H,31-38H2/t45-,46-,47-,48-,49+,50+,51+,52+,53-/m1/s1. The molecule has 0 radical (unpaired) electrons. The van der Waals surface area contributed by atoms with E-state index in [0.717, 1.165) is 33.4 Å². The van der Waals surface area contributed by atoms with Crippen LogP contribution < -0.4 is 0 Å². The Kier molecular flexibility index (Phi) is 16.7. The van der Waals surface area contributed by atoms with Gasteiger partial charge in [-0.3, -0.25) is 0 Å². The Bertz CT molecular complexity index is 2150. The van der Waals surface area contributed by atoms with Gasteiger partial charge in [-0.15, -0.1) is 0 Å². The molecule has 328 valence electrons. The van der Waals surface area contributed by atoms with Crippen LogP contribution in [0.4, 0.5) is 0 Å². The molecule has 2 saturated heterocycles. The molecule has 2 aliphatic rings. The van der Waals surface area contributed by atoms with Gasteiger partial charge in [0.05, 0.1) is 52.9 Å². The van der Waals surface area contributed by atoms with E-state index in [2.05, 4.69) is 0 Å². The van der Waals surface area contributed by atoms with Gasteiger partial charge in [-0.25, -0.2) is 0 Å². The van der Waals surface area contributed by atoms with Crippen LogP contribution in [0.5, 0.6) is 0 Å². The molecular formula is C53H56O10. The fraction of sp³-hybridized carbons (Fsp3) is 0.321. The number of benzene rings is 6. The smallest absolute Gasteiger partial charge is 0.187 e. The second kappa shape index (κ2) is 23.6. The maximum atomic E-state index is 12.0. The van der Waals surface area contributed by atoms with Crippen molar-refractivity contribution in [1.82, 2.24) is 0 Å². The maximum Gasteiger partial charge on any atom is 0.187 e. The summed E-state index contributed by atoms with van der Waals surface area (Å²) in [5.74, 6) is 0. The molecule has 2 heterocycles. The summed E-state index contributed by atoms with van der Waals surface area (Å²) < 4.78 is 59.7. The lowest BCUT2D eigenvalue weighted by atomic mass is 9.97. The molecule has 8 rings (SSSR count). The first-order valence-electron chi connectivity index (χ1n) is 21.7.